The monoisotopic (exact) mass is 338 g/mol. The minimum Gasteiger partial charge on any atom is -0.466 e. The van der Waals surface area contributed by atoms with Crippen LogP contribution in [0.1, 0.15) is 18.9 Å². The fraction of sp³-hybridized carbons (Fsp3) is 0.364. The van der Waals surface area contributed by atoms with Crippen molar-refractivity contribution in [3.05, 3.63) is 32.4 Å². The predicted molar refractivity (Wildman–Crippen MR) is 69.1 cm³/mol. The van der Waals surface area contributed by atoms with Crippen molar-refractivity contribution in [3.63, 3.8) is 0 Å². The van der Waals surface area contributed by atoms with E-state index < -0.39 is 0 Å². The van der Waals surface area contributed by atoms with Gasteiger partial charge in [0.05, 0.1) is 11.6 Å². The van der Waals surface area contributed by atoms with Gasteiger partial charge in [-0.25, -0.2) is 0 Å². The van der Waals surface area contributed by atoms with Crippen LogP contribution in [0.4, 0.5) is 0 Å². The van der Waals surface area contributed by atoms with E-state index in [2.05, 4.69) is 22.6 Å². The Balaban J connectivity index is 2.51. The number of ether oxygens (including phenoxy) is 1. The second-order valence-electron chi connectivity index (χ2n) is 3.05. The molecule has 0 N–H and O–H groups in total. The Hall–Kier alpha value is -0.290. The summed E-state index contributed by atoms with van der Waals surface area (Å²) < 4.78 is 5.87. The van der Waals surface area contributed by atoms with Crippen LogP contribution in [0, 0.1) is 3.57 Å². The molecule has 0 bridgehead atoms. The lowest BCUT2D eigenvalue weighted by Gasteiger charge is -2.03. The van der Waals surface area contributed by atoms with Gasteiger partial charge in [-0.1, -0.05) is 17.7 Å². The van der Waals surface area contributed by atoms with Crippen molar-refractivity contribution in [2.45, 2.75) is 19.8 Å². The van der Waals surface area contributed by atoms with Crippen LogP contribution in [0.3, 0.4) is 0 Å². The standard InChI is InChI=1S/C11H12ClIO2/c1-2-15-11(14)6-4-8-3-5-10(13)9(12)7-8/h3,5,7H,2,4,6H2,1H3. The molecule has 0 saturated carbocycles. The Morgan fingerprint density at radius 2 is 2.27 bits per heavy atom. The lowest BCUT2D eigenvalue weighted by molar-refractivity contribution is -0.143. The number of halogens is 2. The van der Waals surface area contributed by atoms with Crippen molar-refractivity contribution in [1.29, 1.82) is 0 Å². The number of carbonyl (C=O) groups excluding carboxylic acids is 1. The molecule has 15 heavy (non-hydrogen) atoms. The van der Waals surface area contributed by atoms with E-state index in [4.69, 9.17) is 16.3 Å². The molecule has 1 aromatic rings. The predicted octanol–water partition coefficient (Wildman–Crippen LogP) is 3.44. The lowest BCUT2D eigenvalue weighted by Crippen LogP contribution is -2.05. The second kappa shape index (κ2) is 6.33. The molecule has 0 aromatic heterocycles. The first-order valence-corrected chi connectivity index (χ1v) is 6.18. The summed E-state index contributed by atoms with van der Waals surface area (Å²) in [7, 11) is 0. The average Bonchev–Trinajstić information content (AvgIpc) is 2.20. The SMILES string of the molecule is CCOC(=O)CCc1ccc(I)c(Cl)c1. The highest BCUT2D eigenvalue weighted by molar-refractivity contribution is 14.1. The summed E-state index contributed by atoms with van der Waals surface area (Å²) in [4.78, 5) is 11.1. The summed E-state index contributed by atoms with van der Waals surface area (Å²) in [5, 5.41) is 0.733. The quantitative estimate of drug-likeness (QED) is 0.621. The van der Waals surface area contributed by atoms with E-state index in [1.165, 1.54) is 0 Å². The zero-order valence-electron chi connectivity index (χ0n) is 8.43. The molecule has 0 saturated heterocycles. The normalized spacial score (nSPS) is 10.1. The largest absolute Gasteiger partial charge is 0.466 e. The van der Waals surface area contributed by atoms with Gasteiger partial charge in [0, 0.05) is 9.99 Å². The van der Waals surface area contributed by atoms with Crippen LogP contribution in [0.15, 0.2) is 18.2 Å². The van der Waals surface area contributed by atoms with Gasteiger partial charge in [0.1, 0.15) is 0 Å². The maximum atomic E-state index is 11.1. The summed E-state index contributed by atoms with van der Waals surface area (Å²) >= 11 is 8.14. The van der Waals surface area contributed by atoms with Gasteiger partial charge in [-0.05, 0) is 53.6 Å². The van der Waals surface area contributed by atoms with Gasteiger partial charge < -0.3 is 4.74 Å². The number of hydrogen-bond donors (Lipinski definition) is 0. The van der Waals surface area contributed by atoms with Gasteiger partial charge in [-0.2, -0.15) is 0 Å². The molecular formula is C11H12ClIO2. The van der Waals surface area contributed by atoms with Crippen molar-refractivity contribution in [3.8, 4) is 0 Å². The van der Waals surface area contributed by atoms with E-state index >= 15 is 0 Å². The average molecular weight is 339 g/mol. The summed E-state index contributed by atoms with van der Waals surface area (Å²) in [5.74, 6) is -0.160. The molecule has 0 atom stereocenters. The van der Waals surface area contributed by atoms with Gasteiger partial charge >= 0.3 is 5.97 Å². The van der Waals surface area contributed by atoms with E-state index in [1.807, 2.05) is 18.2 Å². The van der Waals surface area contributed by atoms with E-state index in [-0.39, 0.29) is 5.97 Å². The molecule has 1 aromatic carbocycles. The molecule has 0 spiro atoms. The first kappa shape index (κ1) is 12.8. The number of aryl methyl sites for hydroxylation is 1. The molecule has 4 heteroatoms. The minimum atomic E-state index is -0.160. The molecule has 82 valence electrons. The molecular weight excluding hydrogens is 326 g/mol. The van der Waals surface area contributed by atoms with E-state index in [9.17, 15) is 4.79 Å². The molecule has 0 unspecified atom stereocenters. The molecule has 0 amide bonds. The first-order chi connectivity index (χ1) is 7.13. The summed E-state index contributed by atoms with van der Waals surface area (Å²) in [6.07, 6.45) is 1.08. The zero-order valence-corrected chi connectivity index (χ0v) is 11.3. The van der Waals surface area contributed by atoms with Crippen LogP contribution in [0.25, 0.3) is 0 Å². The Morgan fingerprint density at radius 3 is 2.87 bits per heavy atom. The highest BCUT2D eigenvalue weighted by Crippen LogP contribution is 2.20. The molecule has 0 aliphatic carbocycles. The number of hydrogen-bond acceptors (Lipinski definition) is 2. The second-order valence-corrected chi connectivity index (χ2v) is 4.62. The Bertz CT molecular complexity index is 352. The van der Waals surface area contributed by atoms with Crippen LogP contribution >= 0.6 is 34.2 Å². The molecule has 0 aliphatic rings. The Labute approximate surface area is 108 Å². The molecule has 2 nitrogen and oxygen atoms in total. The Morgan fingerprint density at radius 1 is 1.53 bits per heavy atom. The maximum Gasteiger partial charge on any atom is 0.306 e. The van der Waals surface area contributed by atoms with Crippen molar-refractivity contribution >= 4 is 40.2 Å². The van der Waals surface area contributed by atoms with Crippen molar-refractivity contribution in [1.82, 2.24) is 0 Å². The van der Waals surface area contributed by atoms with E-state index in [0.717, 1.165) is 14.2 Å². The number of rotatable bonds is 4. The molecule has 0 aliphatic heterocycles. The summed E-state index contributed by atoms with van der Waals surface area (Å²) in [6.45, 7) is 2.24. The number of benzene rings is 1. The van der Waals surface area contributed by atoms with E-state index in [0.29, 0.717) is 19.4 Å². The van der Waals surface area contributed by atoms with Crippen LogP contribution in [0.2, 0.25) is 5.02 Å². The van der Waals surface area contributed by atoms with Gasteiger partial charge in [0.25, 0.3) is 0 Å². The van der Waals surface area contributed by atoms with Gasteiger partial charge in [0.15, 0.2) is 0 Å². The zero-order chi connectivity index (χ0) is 11.3. The van der Waals surface area contributed by atoms with Crippen LogP contribution in [-0.4, -0.2) is 12.6 Å². The third-order valence-electron chi connectivity index (χ3n) is 1.91. The maximum absolute atomic E-state index is 11.1. The van der Waals surface area contributed by atoms with Crippen molar-refractivity contribution in [2.75, 3.05) is 6.61 Å². The molecule has 0 heterocycles. The molecule has 0 radical (unpaired) electrons. The summed E-state index contributed by atoms with van der Waals surface area (Å²) in [6, 6.07) is 5.82. The smallest absolute Gasteiger partial charge is 0.306 e. The molecule has 0 fully saturated rings. The lowest BCUT2D eigenvalue weighted by atomic mass is 10.1. The van der Waals surface area contributed by atoms with Crippen LogP contribution in [-0.2, 0) is 16.0 Å². The van der Waals surface area contributed by atoms with Crippen molar-refractivity contribution < 1.29 is 9.53 Å². The van der Waals surface area contributed by atoms with Crippen molar-refractivity contribution in [2.24, 2.45) is 0 Å². The fourth-order valence-corrected chi connectivity index (χ4v) is 1.71. The Kier molecular flexibility index (Phi) is 5.39. The third-order valence-corrected chi connectivity index (χ3v) is 3.48. The van der Waals surface area contributed by atoms with Crippen LogP contribution < -0.4 is 0 Å². The molecule has 1 rings (SSSR count). The minimum absolute atomic E-state index is 0.160. The van der Waals surface area contributed by atoms with Crippen LogP contribution in [0.5, 0.6) is 0 Å². The summed E-state index contributed by atoms with van der Waals surface area (Å²) in [5.41, 5.74) is 1.06. The van der Waals surface area contributed by atoms with Gasteiger partial charge in [0.2, 0.25) is 0 Å². The highest BCUT2D eigenvalue weighted by atomic mass is 127. The topological polar surface area (TPSA) is 26.3 Å². The fourth-order valence-electron chi connectivity index (χ4n) is 1.17. The van der Waals surface area contributed by atoms with E-state index in [1.54, 1.807) is 6.92 Å². The van der Waals surface area contributed by atoms with Gasteiger partial charge in [-0.3, -0.25) is 4.79 Å². The first-order valence-electron chi connectivity index (χ1n) is 4.73. The van der Waals surface area contributed by atoms with Gasteiger partial charge in [-0.15, -0.1) is 0 Å². The highest BCUT2D eigenvalue weighted by Gasteiger charge is 2.04. The number of esters is 1. The number of carbonyl (C=O) groups is 1. The third kappa shape index (κ3) is 4.38.